The molecule has 27 heavy (non-hydrogen) atoms. The van der Waals surface area contributed by atoms with Crippen molar-refractivity contribution in [2.45, 2.75) is 13.3 Å². The van der Waals surface area contributed by atoms with Crippen molar-refractivity contribution in [3.05, 3.63) is 71.5 Å². The predicted molar refractivity (Wildman–Crippen MR) is 101 cm³/mol. The first-order valence-corrected chi connectivity index (χ1v) is 8.54. The van der Waals surface area contributed by atoms with Crippen molar-refractivity contribution in [1.29, 1.82) is 0 Å². The number of aromatic nitrogens is 3. The van der Waals surface area contributed by atoms with Gasteiger partial charge in [-0.3, -0.25) is 5.10 Å². The van der Waals surface area contributed by atoms with Crippen molar-refractivity contribution in [2.24, 2.45) is 0 Å². The molecule has 0 unspecified atom stereocenters. The maximum absolute atomic E-state index is 13.5. The van der Waals surface area contributed by atoms with Gasteiger partial charge in [-0.15, -0.1) is 0 Å². The first kappa shape index (κ1) is 16.9. The lowest BCUT2D eigenvalue weighted by Gasteiger charge is -2.06. The number of nitrogens with one attached hydrogen (secondary N) is 1. The molecule has 6 heteroatoms. The van der Waals surface area contributed by atoms with Crippen molar-refractivity contribution in [2.75, 3.05) is 0 Å². The van der Waals surface area contributed by atoms with E-state index >= 15 is 0 Å². The number of rotatable bonds is 4. The Morgan fingerprint density at radius 2 is 1.89 bits per heavy atom. The van der Waals surface area contributed by atoms with Gasteiger partial charge in [0.15, 0.2) is 5.65 Å². The minimum absolute atomic E-state index is 0.0718. The van der Waals surface area contributed by atoms with E-state index in [1.807, 2.05) is 24.3 Å². The van der Waals surface area contributed by atoms with E-state index in [2.05, 4.69) is 22.1 Å². The number of nitrogens with zero attached hydrogens (tertiary/aromatic N) is 2. The van der Waals surface area contributed by atoms with E-state index in [4.69, 9.17) is 0 Å². The number of carboxylic acid groups (broad SMARTS) is 1. The third-order valence-corrected chi connectivity index (χ3v) is 4.53. The van der Waals surface area contributed by atoms with E-state index in [9.17, 15) is 14.3 Å². The van der Waals surface area contributed by atoms with E-state index in [-0.39, 0.29) is 11.2 Å². The smallest absolute Gasteiger partial charge is 0.336 e. The molecule has 4 aromatic rings. The molecule has 4 rings (SSSR count). The van der Waals surface area contributed by atoms with E-state index in [1.54, 1.807) is 12.1 Å². The van der Waals surface area contributed by atoms with Crippen LogP contribution in [0, 0.1) is 5.82 Å². The summed E-state index contributed by atoms with van der Waals surface area (Å²) in [6.07, 6.45) is 0.920. The molecule has 2 aromatic carbocycles. The maximum Gasteiger partial charge on any atom is 0.336 e. The second-order valence-electron chi connectivity index (χ2n) is 6.22. The summed E-state index contributed by atoms with van der Waals surface area (Å²) in [6, 6.07) is 15.2. The van der Waals surface area contributed by atoms with E-state index in [1.165, 1.54) is 23.8 Å². The summed E-state index contributed by atoms with van der Waals surface area (Å²) in [5.41, 5.74) is 3.83. The monoisotopic (exact) mass is 361 g/mol. The van der Waals surface area contributed by atoms with Crippen LogP contribution in [0.5, 0.6) is 0 Å². The van der Waals surface area contributed by atoms with Crippen LogP contribution in [0.4, 0.5) is 4.39 Å². The van der Waals surface area contributed by atoms with Crippen LogP contribution in [0.15, 0.2) is 54.6 Å². The van der Waals surface area contributed by atoms with Gasteiger partial charge in [0.1, 0.15) is 5.82 Å². The Morgan fingerprint density at radius 1 is 1.11 bits per heavy atom. The minimum Gasteiger partial charge on any atom is -0.478 e. The average Bonchev–Trinajstić information content (AvgIpc) is 3.11. The number of carbonyl (C=O) groups is 1. The molecule has 0 radical (unpaired) electrons. The summed E-state index contributed by atoms with van der Waals surface area (Å²) in [7, 11) is 0. The molecule has 0 atom stereocenters. The Hall–Kier alpha value is -3.54. The summed E-state index contributed by atoms with van der Waals surface area (Å²) in [6.45, 7) is 2.07. The lowest BCUT2D eigenvalue weighted by Crippen LogP contribution is -2.00. The molecule has 0 bridgehead atoms. The number of benzene rings is 2. The fourth-order valence-corrected chi connectivity index (χ4v) is 3.10. The molecular formula is C21H16FN3O2. The summed E-state index contributed by atoms with van der Waals surface area (Å²) >= 11 is 0. The van der Waals surface area contributed by atoms with E-state index in [0.29, 0.717) is 22.3 Å². The Labute approximate surface area is 154 Å². The zero-order valence-electron chi connectivity index (χ0n) is 14.5. The SMILES string of the molecule is CCc1ccc(-c2[nH]nc3nc(-c4cccc(F)c4)cc(C(=O)O)c23)cc1. The van der Waals surface area contributed by atoms with Gasteiger partial charge in [0, 0.05) is 11.1 Å². The molecule has 5 nitrogen and oxygen atoms in total. The molecule has 0 saturated carbocycles. The third-order valence-electron chi connectivity index (χ3n) is 4.53. The molecule has 2 aromatic heterocycles. The Bertz CT molecular complexity index is 1150. The average molecular weight is 361 g/mol. The molecular weight excluding hydrogens is 345 g/mol. The zero-order valence-corrected chi connectivity index (χ0v) is 14.5. The number of hydrogen-bond donors (Lipinski definition) is 2. The Balaban J connectivity index is 1.92. The Morgan fingerprint density at radius 3 is 2.56 bits per heavy atom. The van der Waals surface area contributed by atoms with Crippen LogP contribution in [0.3, 0.4) is 0 Å². The highest BCUT2D eigenvalue weighted by Crippen LogP contribution is 2.31. The van der Waals surface area contributed by atoms with Crippen LogP contribution in [0.25, 0.3) is 33.5 Å². The molecule has 134 valence electrons. The van der Waals surface area contributed by atoms with Gasteiger partial charge in [-0.1, -0.05) is 43.3 Å². The van der Waals surface area contributed by atoms with Crippen LogP contribution < -0.4 is 0 Å². The molecule has 0 aliphatic heterocycles. The van der Waals surface area contributed by atoms with Gasteiger partial charge in [0.05, 0.1) is 22.3 Å². The van der Waals surface area contributed by atoms with Gasteiger partial charge in [-0.05, 0) is 30.2 Å². The number of aryl methyl sites for hydroxylation is 1. The topological polar surface area (TPSA) is 78.9 Å². The highest BCUT2D eigenvalue weighted by molar-refractivity contribution is 6.08. The number of pyridine rings is 1. The molecule has 0 fully saturated rings. The predicted octanol–water partition coefficient (Wildman–Crippen LogP) is 4.69. The molecule has 0 spiro atoms. The molecule has 0 amide bonds. The number of aromatic carboxylic acids is 1. The van der Waals surface area contributed by atoms with Crippen molar-refractivity contribution in [3.63, 3.8) is 0 Å². The van der Waals surface area contributed by atoms with Gasteiger partial charge in [0.2, 0.25) is 0 Å². The van der Waals surface area contributed by atoms with Gasteiger partial charge in [0.25, 0.3) is 0 Å². The van der Waals surface area contributed by atoms with E-state index in [0.717, 1.165) is 12.0 Å². The number of carboxylic acids is 1. The lowest BCUT2D eigenvalue weighted by atomic mass is 10.0. The fraction of sp³-hybridized carbons (Fsp3) is 0.0952. The van der Waals surface area contributed by atoms with E-state index < -0.39 is 11.8 Å². The summed E-state index contributed by atoms with van der Waals surface area (Å²) in [5.74, 6) is -1.50. The standard InChI is InChI=1S/C21H16FN3O2/c1-2-12-6-8-13(9-7-12)19-18-16(21(26)27)11-17(23-20(18)25-24-19)14-4-3-5-15(22)10-14/h3-11H,2H2,1H3,(H,26,27)(H,23,24,25). The lowest BCUT2D eigenvalue weighted by molar-refractivity contribution is 0.0699. The summed E-state index contributed by atoms with van der Waals surface area (Å²) < 4.78 is 13.5. The normalized spacial score (nSPS) is 11.0. The minimum atomic E-state index is -1.09. The quantitative estimate of drug-likeness (QED) is 0.553. The van der Waals surface area contributed by atoms with Gasteiger partial charge in [-0.25, -0.2) is 14.2 Å². The second kappa shape index (κ2) is 6.64. The first-order chi connectivity index (χ1) is 13.1. The molecule has 2 heterocycles. The second-order valence-corrected chi connectivity index (χ2v) is 6.22. The van der Waals surface area contributed by atoms with Gasteiger partial charge >= 0.3 is 5.97 Å². The van der Waals surface area contributed by atoms with Crippen molar-refractivity contribution < 1.29 is 14.3 Å². The largest absolute Gasteiger partial charge is 0.478 e. The van der Waals surface area contributed by atoms with Crippen LogP contribution >= 0.6 is 0 Å². The maximum atomic E-state index is 13.5. The fourth-order valence-electron chi connectivity index (χ4n) is 3.10. The summed E-state index contributed by atoms with van der Waals surface area (Å²) in [5, 5.41) is 17.3. The summed E-state index contributed by atoms with van der Waals surface area (Å²) in [4.78, 5) is 16.3. The molecule has 2 N–H and O–H groups in total. The van der Waals surface area contributed by atoms with Gasteiger partial charge in [-0.2, -0.15) is 5.10 Å². The highest BCUT2D eigenvalue weighted by Gasteiger charge is 2.19. The Kier molecular flexibility index (Phi) is 4.16. The molecule has 0 saturated heterocycles. The highest BCUT2D eigenvalue weighted by atomic mass is 19.1. The zero-order chi connectivity index (χ0) is 19.0. The molecule has 0 aliphatic carbocycles. The van der Waals surface area contributed by atoms with Crippen molar-refractivity contribution >= 4 is 17.0 Å². The number of fused-ring (bicyclic) bond motifs is 1. The number of H-pyrrole nitrogens is 1. The van der Waals surface area contributed by atoms with Crippen LogP contribution in [-0.4, -0.2) is 26.3 Å². The van der Waals surface area contributed by atoms with Crippen LogP contribution in [-0.2, 0) is 6.42 Å². The molecule has 0 aliphatic rings. The number of aromatic amines is 1. The van der Waals surface area contributed by atoms with Crippen LogP contribution in [0.2, 0.25) is 0 Å². The van der Waals surface area contributed by atoms with Crippen molar-refractivity contribution in [3.8, 4) is 22.5 Å². The third kappa shape index (κ3) is 3.06. The van der Waals surface area contributed by atoms with Crippen molar-refractivity contribution in [1.82, 2.24) is 15.2 Å². The number of halogens is 1. The number of hydrogen-bond acceptors (Lipinski definition) is 3. The van der Waals surface area contributed by atoms with Crippen LogP contribution in [0.1, 0.15) is 22.8 Å². The first-order valence-electron chi connectivity index (χ1n) is 8.54. The van der Waals surface area contributed by atoms with Gasteiger partial charge < -0.3 is 5.11 Å².